The zero-order valence-electron chi connectivity index (χ0n) is 13.6. The van der Waals surface area contributed by atoms with Gasteiger partial charge in [-0.25, -0.2) is 0 Å². The molecule has 0 unspecified atom stereocenters. The Balaban J connectivity index is 1.78. The molecule has 0 bridgehead atoms. The lowest BCUT2D eigenvalue weighted by Gasteiger charge is -2.43. The molecule has 3 rings (SSSR count). The molecule has 1 aliphatic carbocycles. The third-order valence-corrected chi connectivity index (χ3v) is 5.39. The highest BCUT2D eigenvalue weighted by atomic mass is 79.9. The van der Waals surface area contributed by atoms with Crippen LogP contribution in [0, 0.1) is 11.3 Å². The molecule has 0 radical (unpaired) electrons. The Bertz CT molecular complexity index is 771. The molecule has 0 aliphatic heterocycles. The summed E-state index contributed by atoms with van der Waals surface area (Å²) in [5.74, 6) is 0.181. The molecule has 0 N–H and O–H groups in total. The van der Waals surface area contributed by atoms with E-state index in [0.717, 1.165) is 34.9 Å². The molecule has 1 aliphatic rings. The van der Waals surface area contributed by atoms with Gasteiger partial charge in [0.15, 0.2) is 0 Å². The van der Waals surface area contributed by atoms with E-state index in [4.69, 9.17) is 5.26 Å². The Morgan fingerprint density at radius 2 is 1.79 bits per heavy atom. The molecule has 4 heteroatoms. The molecule has 2 aromatic rings. The zero-order chi connectivity index (χ0) is 17.2. The summed E-state index contributed by atoms with van der Waals surface area (Å²) in [6.45, 7) is 0.558. The van der Waals surface area contributed by atoms with Gasteiger partial charge in [-0.3, -0.25) is 4.79 Å². The van der Waals surface area contributed by atoms with Crippen molar-refractivity contribution >= 4 is 21.8 Å². The first-order chi connectivity index (χ1) is 11.5. The highest BCUT2D eigenvalue weighted by molar-refractivity contribution is 9.10. The Labute approximate surface area is 151 Å². The van der Waals surface area contributed by atoms with E-state index in [1.165, 1.54) is 0 Å². The van der Waals surface area contributed by atoms with Gasteiger partial charge in [-0.05, 0) is 48.2 Å². The molecular formula is C20H19BrN2O. The van der Waals surface area contributed by atoms with Gasteiger partial charge in [0.2, 0.25) is 5.91 Å². The number of likely N-dealkylation sites (N-methyl/N-ethyl adjacent to an activating group) is 1. The first-order valence-corrected chi connectivity index (χ1v) is 8.85. The van der Waals surface area contributed by atoms with E-state index in [2.05, 4.69) is 34.1 Å². The van der Waals surface area contributed by atoms with Crippen LogP contribution < -0.4 is 0 Å². The Morgan fingerprint density at radius 3 is 2.29 bits per heavy atom. The second-order valence-electron chi connectivity index (χ2n) is 6.41. The maximum atomic E-state index is 13.1. The first kappa shape index (κ1) is 16.7. The highest BCUT2D eigenvalue weighted by Gasteiger charge is 2.46. The average Bonchev–Trinajstić information content (AvgIpc) is 2.56. The normalized spacial score (nSPS) is 15.2. The molecule has 0 atom stereocenters. The van der Waals surface area contributed by atoms with Crippen molar-refractivity contribution in [2.45, 2.75) is 31.2 Å². The van der Waals surface area contributed by atoms with Gasteiger partial charge in [0, 0.05) is 18.1 Å². The molecule has 1 amide bonds. The summed E-state index contributed by atoms with van der Waals surface area (Å²) in [5.41, 5.74) is 2.41. The second kappa shape index (κ2) is 6.78. The van der Waals surface area contributed by atoms with E-state index in [9.17, 15) is 4.79 Å². The summed E-state index contributed by atoms with van der Waals surface area (Å²) in [6, 6.07) is 17.6. The molecule has 2 aromatic carbocycles. The lowest BCUT2D eigenvalue weighted by Crippen LogP contribution is -2.49. The standard InChI is InChI=1S/C20H19BrN2O/c1-23(14-16-5-3-15(13-22)4-6-16)19(24)20(11-2-12-20)17-7-9-18(21)10-8-17/h3-10H,2,11-12,14H2,1H3. The van der Waals surface area contributed by atoms with Crippen molar-refractivity contribution in [3.8, 4) is 6.07 Å². The van der Waals surface area contributed by atoms with Crippen LogP contribution in [0.2, 0.25) is 0 Å². The summed E-state index contributed by atoms with van der Waals surface area (Å²) in [6.07, 6.45) is 2.91. The second-order valence-corrected chi connectivity index (χ2v) is 7.33. The van der Waals surface area contributed by atoms with Gasteiger partial charge in [0.05, 0.1) is 17.0 Å². The summed E-state index contributed by atoms with van der Waals surface area (Å²) in [4.78, 5) is 14.9. The van der Waals surface area contributed by atoms with Crippen molar-refractivity contribution in [1.82, 2.24) is 4.90 Å². The molecular weight excluding hydrogens is 364 g/mol. The van der Waals surface area contributed by atoms with Gasteiger partial charge >= 0.3 is 0 Å². The minimum Gasteiger partial charge on any atom is -0.341 e. The number of carbonyl (C=O) groups excluding carboxylic acids is 1. The van der Waals surface area contributed by atoms with Crippen LogP contribution in [-0.4, -0.2) is 17.9 Å². The van der Waals surface area contributed by atoms with E-state index >= 15 is 0 Å². The quantitative estimate of drug-likeness (QED) is 0.786. The van der Waals surface area contributed by atoms with Gasteiger partial charge in [-0.15, -0.1) is 0 Å². The smallest absolute Gasteiger partial charge is 0.233 e. The SMILES string of the molecule is CN(Cc1ccc(C#N)cc1)C(=O)C1(c2ccc(Br)cc2)CCC1. The third-order valence-electron chi connectivity index (χ3n) is 4.86. The number of hydrogen-bond donors (Lipinski definition) is 0. The summed E-state index contributed by atoms with van der Waals surface area (Å²) < 4.78 is 1.03. The lowest BCUT2D eigenvalue weighted by atomic mass is 9.63. The van der Waals surface area contributed by atoms with Crippen LogP contribution in [-0.2, 0) is 16.8 Å². The van der Waals surface area contributed by atoms with Crippen molar-refractivity contribution in [3.05, 3.63) is 69.7 Å². The fourth-order valence-corrected chi connectivity index (χ4v) is 3.59. The molecule has 0 spiro atoms. The number of carbonyl (C=O) groups is 1. The van der Waals surface area contributed by atoms with Crippen molar-refractivity contribution in [2.24, 2.45) is 0 Å². The van der Waals surface area contributed by atoms with E-state index < -0.39 is 0 Å². The van der Waals surface area contributed by atoms with Crippen LogP contribution in [0.3, 0.4) is 0 Å². The van der Waals surface area contributed by atoms with Crippen LogP contribution in [0.25, 0.3) is 0 Å². The first-order valence-electron chi connectivity index (χ1n) is 8.06. The number of nitriles is 1. The maximum Gasteiger partial charge on any atom is 0.233 e. The number of nitrogens with zero attached hydrogens (tertiary/aromatic N) is 2. The zero-order valence-corrected chi connectivity index (χ0v) is 15.2. The van der Waals surface area contributed by atoms with Crippen molar-refractivity contribution < 1.29 is 4.79 Å². The van der Waals surface area contributed by atoms with Crippen LogP contribution in [0.4, 0.5) is 0 Å². The predicted octanol–water partition coefficient (Wildman–Crippen LogP) is 4.40. The van der Waals surface area contributed by atoms with Gasteiger partial charge in [0.25, 0.3) is 0 Å². The highest BCUT2D eigenvalue weighted by Crippen LogP contribution is 2.45. The number of amides is 1. The minimum absolute atomic E-state index is 0.181. The van der Waals surface area contributed by atoms with Crippen LogP contribution in [0.5, 0.6) is 0 Å². The van der Waals surface area contributed by atoms with Crippen LogP contribution >= 0.6 is 15.9 Å². The van der Waals surface area contributed by atoms with Crippen LogP contribution in [0.1, 0.15) is 36.0 Å². The van der Waals surface area contributed by atoms with E-state index in [1.54, 1.807) is 12.1 Å². The number of benzene rings is 2. The molecule has 24 heavy (non-hydrogen) atoms. The molecule has 0 saturated heterocycles. The number of halogens is 1. The summed E-state index contributed by atoms with van der Waals surface area (Å²) in [5, 5.41) is 8.87. The largest absolute Gasteiger partial charge is 0.341 e. The molecule has 3 nitrogen and oxygen atoms in total. The maximum absolute atomic E-state index is 13.1. The lowest BCUT2D eigenvalue weighted by molar-refractivity contribution is -0.140. The van der Waals surface area contributed by atoms with Crippen molar-refractivity contribution in [3.63, 3.8) is 0 Å². The number of rotatable bonds is 4. The van der Waals surface area contributed by atoms with Crippen LogP contribution in [0.15, 0.2) is 53.0 Å². The summed E-state index contributed by atoms with van der Waals surface area (Å²) >= 11 is 3.46. The fraction of sp³-hybridized carbons (Fsp3) is 0.300. The van der Waals surface area contributed by atoms with Gasteiger partial charge in [-0.2, -0.15) is 5.26 Å². The van der Waals surface area contributed by atoms with E-state index in [1.807, 2.05) is 36.2 Å². The number of hydrogen-bond acceptors (Lipinski definition) is 2. The Morgan fingerprint density at radius 1 is 1.17 bits per heavy atom. The Hall–Kier alpha value is -2.12. The third kappa shape index (κ3) is 3.09. The molecule has 0 heterocycles. The molecule has 1 saturated carbocycles. The predicted molar refractivity (Wildman–Crippen MR) is 97.3 cm³/mol. The summed E-state index contributed by atoms with van der Waals surface area (Å²) in [7, 11) is 1.86. The fourth-order valence-electron chi connectivity index (χ4n) is 3.32. The Kier molecular flexibility index (Phi) is 4.73. The molecule has 0 aromatic heterocycles. The minimum atomic E-state index is -0.373. The molecule has 1 fully saturated rings. The van der Waals surface area contributed by atoms with E-state index in [-0.39, 0.29) is 11.3 Å². The molecule has 122 valence electrons. The van der Waals surface area contributed by atoms with Crippen molar-refractivity contribution in [1.29, 1.82) is 5.26 Å². The average molecular weight is 383 g/mol. The van der Waals surface area contributed by atoms with Crippen molar-refractivity contribution in [2.75, 3.05) is 7.05 Å². The topological polar surface area (TPSA) is 44.1 Å². The monoisotopic (exact) mass is 382 g/mol. The van der Waals surface area contributed by atoms with Gasteiger partial charge in [-0.1, -0.05) is 46.6 Å². The van der Waals surface area contributed by atoms with Gasteiger partial charge in [0.1, 0.15) is 0 Å². The van der Waals surface area contributed by atoms with Gasteiger partial charge < -0.3 is 4.90 Å². The van der Waals surface area contributed by atoms with E-state index in [0.29, 0.717) is 12.1 Å².